The number of benzene rings is 2. The minimum absolute atomic E-state index is 0.114. The van der Waals surface area contributed by atoms with Crippen LogP contribution in [0.3, 0.4) is 0 Å². The van der Waals surface area contributed by atoms with Crippen LogP contribution in [0.1, 0.15) is 71.4 Å². The van der Waals surface area contributed by atoms with Crippen LogP contribution < -0.4 is 0 Å². The van der Waals surface area contributed by atoms with Crippen molar-refractivity contribution in [3.8, 4) is 11.4 Å². The number of nitrogens with zero attached hydrogens (tertiary/aromatic N) is 3. The number of aliphatic hydroxyl groups is 1. The Morgan fingerprint density at radius 2 is 1.65 bits per heavy atom. The highest BCUT2D eigenvalue weighted by Gasteiger charge is 2.31. The first-order valence-corrected chi connectivity index (χ1v) is 11.4. The summed E-state index contributed by atoms with van der Waals surface area (Å²) < 4.78 is 0. The van der Waals surface area contributed by atoms with E-state index in [1.54, 1.807) is 12.1 Å². The van der Waals surface area contributed by atoms with Gasteiger partial charge in [-0.05, 0) is 66.3 Å². The van der Waals surface area contributed by atoms with Crippen LogP contribution in [-0.4, -0.2) is 31.8 Å². The molecule has 3 aromatic rings. The van der Waals surface area contributed by atoms with Gasteiger partial charge in [0.25, 0.3) is 0 Å². The Hall–Kier alpha value is -2.11. The highest BCUT2D eigenvalue weighted by Crippen LogP contribution is 2.42. The molecule has 0 amide bonds. The van der Waals surface area contributed by atoms with E-state index in [0.29, 0.717) is 16.2 Å². The first kappa shape index (κ1) is 23.6. The normalized spacial score (nSPS) is 12.6. The number of aromatic hydroxyl groups is 1. The van der Waals surface area contributed by atoms with Crippen molar-refractivity contribution in [2.24, 2.45) is 5.41 Å². The number of phenols is 1. The highest BCUT2D eigenvalue weighted by molar-refractivity contribution is 6.31. The maximum Gasteiger partial charge on any atom is 0.146 e. The third-order valence-corrected chi connectivity index (χ3v) is 5.77. The number of hydrogen-bond acceptors (Lipinski definition) is 4. The lowest BCUT2D eigenvalue weighted by Crippen LogP contribution is -2.25. The molecule has 0 radical (unpaired) electrons. The molecule has 1 heterocycles. The first-order valence-electron chi connectivity index (χ1n) is 11.0. The van der Waals surface area contributed by atoms with Gasteiger partial charge < -0.3 is 10.2 Å². The predicted molar refractivity (Wildman–Crippen MR) is 127 cm³/mol. The van der Waals surface area contributed by atoms with Gasteiger partial charge in [0.15, 0.2) is 0 Å². The number of aliphatic hydroxyl groups excluding tert-OH is 1. The van der Waals surface area contributed by atoms with Crippen molar-refractivity contribution in [1.29, 1.82) is 0 Å². The molecule has 0 saturated carbocycles. The van der Waals surface area contributed by atoms with E-state index in [0.717, 1.165) is 48.7 Å². The van der Waals surface area contributed by atoms with Gasteiger partial charge in [0.1, 0.15) is 22.5 Å². The van der Waals surface area contributed by atoms with Crippen molar-refractivity contribution >= 4 is 22.6 Å². The van der Waals surface area contributed by atoms with E-state index in [1.807, 2.05) is 12.1 Å². The van der Waals surface area contributed by atoms with E-state index in [2.05, 4.69) is 50.9 Å². The number of unbranched alkanes of at least 4 members (excludes halogenated alkanes) is 2. The fourth-order valence-corrected chi connectivity index (χ4v) is 4.69. The predicted octanol–water partition coefficient (Wildman–Crippen LogP) is 6.20. The third-order valence-electron chi connectivity index (χ3n) is 5.53. The molecule has 2 N–H and O–H groups in total. The minimum atomic E-state index is -0.228. The molecular formula is C25H34ClN3O2. The highest BCUT2D eigenvalue weighted by atomic mass is 35.5. The standard InChI is InChI=1S/C25H34ClN3O2/c1-24(2,3)16-25(4,5)19-13-17(9-7-6-8-12-30)14-22(23(19)31)29-27-20-11-10-18(26)15-21(20)28-29/h10-11,13-15,30-31H,6-9,12,16H2,1-5H3. The average molecular weight is 444 g/mol. The summed E-state index contributed by atoms with van der Waals surface area (Å²) in [4.78, 5) is 1.52. The fraction of sp³-hybridized carbons (Fsp3) is 0.520. The SMILES string of the molecule is CC(C)(C)CC(C)(C)c1cc(CCCCCO)cc(-n2nc3ccc(Cl)cc3n2)c1O. The molecule has 168 valence electrons. The molecule has 0 aliphatic rings. The lowest BCUT2D eigenvalue weighted by atomic mass is 9.71. The molecule has 3 rings (SSSR count). The second-order valence-electron chi connectivity index (χ2n) is 10.3. The smallest absolute Gasteiger partial charge is 0.146 e. The van der Waals surface area contributed by atoms with Crippen LogP contribution in [0, 0.1) is 5.41 Å². The van der Waals surface area contributed by atoms with Gasteiger partial charge in [-0.2, -0.15) is 0 Å². The number of rotatable bonds is 8. The summed E-state index contributed by atoms with van der Waals surface area (Å²) in [7, 11) is 0. The van der Waals surface area contributed by atoms with Crippen molar-refractivity contribution < 1.29 is 10.2 Å². The lowest BCUT2D eigenvalue weighted by molar-refractivity contribution is 0.278. The number of hydrogen-bond donors (Lipinski definition) is 2. The van der Waals surface area contributed by atoms with E-state index in [1.165, 1.54) is 4.80 Å². The number of aryl methyl sites for hydroxylation is 1. The van der Waals surface area contributed by atoms with Gasteiger partial charge in [-0.3, -0.25) is 0 Å². The van der Waals surface area contributed by atoms with Gasteiger partial charge in [-0.25, -0.2) is 0 Å². The molecule has 31 heavy (non-hydrogen) atoms. The quantitative estimate of drug-likeness (QED) is 0.406. The molecule has 0 saturated heterocycles. The Labute approximate surface area is 190 Å². The van der Waals surface area contributed by atoms with Crippen molar-refractivity contribution in [1.82, 2.24) is 15.0 Å². The van der Waals surface area contributed by atoms with Crippen LogP contribution in [-0.2, 0) is 11.8 Å². The molecule has 5 nitrogen and oxygen atoms in total. The Morgan fingerprint density at radius 3 is 2.32 bits per heavy atom. The first-order chi connectivity index (χ1) is 14.5. The number of phenolic OH excluding ortho intramolecular Hbond substituents is 1. The zero-order valence-electron chi connectivity index (χ0n) is 19.2. The van der Waals surface area contributed by atoms with Crippen molar-refractivity contribution in [3.63, 3.8) is 0 Å². The molecular weight excluding hydrogens is 410 g/mol. The van der Waals surface area contributed by atoms with Crippen LogP contribution in [0.2, 0.25) is 5.02 Å². The summed E-state index contributed by atoms with van der Waals surface area (Å²) in [6.45, 7) is 11.2. The van der Waals surface area contributed by atoms with Gasteiger partial charge >= 0.3 is 0 Å². The maximum absolute atomic E-state index is 11.3. The monoisotopic (exact) mass is 443 g/mol. The van der Waals surface area contributed by atoms with Crippen molar-refractivity contribution in [2.45, 2.75) is 72.1 Å². The largest absolute Gasteiger partial charge is 0.505 e. The van der Waals surface area contributed by atoms with Crippen LogP contribution in [0.5, 0.6) is 5.75 Å². The molecule has 2 aromatic carbocycles. The molecule has 0 aliphatic carbocycles. The van der Waals surface area contributed by atoms with Gasteiger partial charge in [-0.1, -0.05) is 58.7 Å². The Morgan fingerprint density at radius 1 is 0.935 bits per heavy atom. The second kappa shape index (κ2) is 9.17. The molecule has 0 aliphatic heterocycles. The summed E-state index contributed by atoms with van der Waals surface area (Å²) in [5.41, 5.74) is 3.95. The second-order valence-corrected chi connectivity index (χ2v) is 10.7. The summed E-state index contributed by atoms with van der Waals surface area (Å²) in [6.07, 6.45) is 4.55. The molecule has 0 fully saturated rings. The Kier molecular flexibility index (Phi) is 6.97. The molecule has 0 unspecified atom stereocenters. The van der Waals surface area contributed by atoms with Crippen LogP contribution >= 0.6 is 11.6 Å². The molecule has 0 spiro atoms. The summed E-state index contributed by atoms with van der Waals surface area (Å²) in [5, 5.41) is 30.2. The van der Waals surface area contributed by atoms with E-state index >= 15 is 0 Å². The molecule has 0 bridgehead atoms. The van der Waals surface area contributed by atoms with Crippen molar-refractivity contribution in [2.75, 3.05) is 6.61 Å². The van der Waals surface area contributed by atoms with Crippen molar-refractivity contribution in [3.05, 3.63) is 46.5 Å². The maximum atomic E-state index is 11.3. The zero-order chi connectivity index (χ0) is 22.8. The average Bonchev–Trinajstić information content (AvgIpc) is 3.07. The van der Waals surface area contributed by atoms with E-state index < -0.39 is 0 Å². The Bertz CT molecular complexity index is 1050. The van der Waals surface area contributed by atoms with E-state index in [4.69, 9.17) is 16.7 Å². The minimum Gasteiger partial charge on any atom is -0.505 e. The summed E-state index contributed by atoms with van der Waals surface area (Å²) in [5.74, 6) is 0.222. The van der Waals surface area contributed by atoms with Crippen LogP contribution in [0.4, 0.5) is 0 Å². The molecule has 0 atom stereocenters. The zero-order valence-corrected chi connectivity index (χ0v) is 20.0. The van der Waals surface area contributed by atoms with Crippen LogP contribution in [0.25, 0.3) is 16.7 Å². The van der Waals surface area contributed by atoms with E-state index in [-0.39, 0.29) is 23.2 Å². The molecule has 1 aromatic heterocycles. The number of aromatic nitrogens is 3. The third kappa shape index (κ3) is 5.78. The van der Waals surface area contributed by atoms with Gasteiger partial charge in [-0.15, -0.1) is 15.0 Å². The molecule has 6 heteroatoms. The van der Waals surface area contributed by atoms with E-state index in [9.17, 15) is 5.11 Å². The Balaban J connectivity index is 2.09. The summed E-state index contributed by atoms with van der Waals surface area (Å²) >= 11 is 6.12. The van der Waals surface area contributed by atoms with Gasteiger partial charge in [0.05, 0.1) is 0 Å². The number of fused-ring (bicyclic) bond motifs is 1. The van der Waals surface area contributed by atoms with Crippen LogP contribution in [0.15, 0.2) is 30.3 Å². The van der Waals surface area contributed by atoms with Gasteiger partial charge in [0, 0.05) is 17.2 Å². The topological polar surface area (TPSA) is 71.2 Å². The summed E-state index contributed by atoms with van der Waals surface area (Å²) in [6, 6.07) is 9.51. The van der Waals surface area contributed by atoms with Gasteiger partial charge in [0.2, 0.25) is 0 Å². The number of halogens is 1. The lowest BCUT2D eigenvalue weighted by Gasteiger charge is -2.34. The fourth-order valence-electron chi connectivity index (χ4n) is 4.52.